The van der Waals surface area contributed by atoms with Gasteiger partial charge < -0.3 is 9.84 Å². The Balaban J connectivity index is 2.20. The minimum absolute atomic E-state index is 0.0900. The van der Waals surface area contributed by atoms with Gasteiger partial charge in [0.15, 0.2) is 5.78 Å². The van der Waals surface area contributed by atoms with E-state index in [-0.39, 0.29) is 22.4 Å². The minimum atomic E-state index is -0.547. The molecule has 2 aromatic carbocycles. The quantitative estimate of drug-likeness (QED) is 0.733. The summed E-state index contributed by atoms with van der Waals surface area (Å²) < 4.78 is 6.37. The van der Waals surface area contributed by atoms with E-state index in [2.05, 4.69) is 0 Å². The maximum absolute atomic E-state index is 12.7. The lowest BCUT2D eigenvalue weighted by Crippen LogP contribution is -2.22. The van der Waals surface area contributed by atoms with E-state index < -0.39 is 11.3 Å². The topological polar surface area (TPSA) is 92.3 Å². The lowest BCUT2D eigenvalue weighted by molar-refractivity contribution is 0.103. The summed E-state index contributed by atoms with van der Waals surface area (Å²) in [6.07, 6.45) is 1.35. The van der Waals surface area contributed by atoms with Crippen LogP contribution in [0.3, 0.4) is 0 Å². The molecule has 0 aliphatic carbocycles. The number of benzene rings is 2. The number of aromatic hydroxyl groups is 1. The molecule has 0 saturated heterocycles. The van der Waals surface area contributed by atoms with Crippen molar-refractivity contribution in [1.82, 2.24) is 4.57 Å². The van der Waals surface area contributed by atoms with E-state index in [0.29, 0.717) is 11.4 Å². The number of nitrogens with zero attached hydrogens (tertiary/aromatic N) is 2. The van der Waals surface area contributed by atoms with E-state index in [4.69, 9.17) is 4.74 Å². The summed E-state index contributed by atoms with van der Waals surface area (Å²) in [5.74, 6) is -0.128. The van der Waals surface area contributed by atoms with Crippen LogP contribution in [0.25, 0.3) is 5.69 Å². The molecule has 0 atom stereocenters. The largest absolute Gasteiger partial charge is 0.507 e. The van der Waals surface area contributed by atoms with Crippen molar-refractivity contribution in [2.24, 2.45) is 0 Å². The number of pyridine rings is 1. The van der Waals surface area contributed by atoms with Crippen LogP contribution in [-0.2, 0) is 0 Å². The zero-order valence-corrected chi connectivity index (χ0v) is 13.8. The Morgan fingerprint density at radius 2 is 1.92 bits per heavy atom. The highest BCUT2D eigenvalue weighted by Crippen LogP contribution is 2.21. The Hall–Kier alpha value is -3.85. The fourth-order valence-corrected chi connectivity index (χ4v) is 2.56. The second kappa shape index (κ2) is 6.95. The molecule has 128 valence electrons. The summed E-state index contributed by atoms with van der Waals surface area (Å²) in [5.41, 5.74) is -0.0563. The molecule has 0 saturated carbocycles. The first-order valence-corrected chi connectivity index (χ1v) is 7.69. The highest BCUT2D eigenvalue weighted by molar-refractivity contribution is 6.10. The molecule has 0 fully saturated rings. The Labute approximate surface area is 149 Å². The Morgan fingerprint density at radius 3 is 2.62 bits per heavy atom. The van der Waals surface area contributed by atoms with Crippen molar-refractivity contribution in [3.63, 3.8) is 0 Å². The number of nitriles is 1. The number of carbonyl (C=O) groups excluding carboxylic acids is 1. The number of ketones is 1. The summed E-state index contributed by atoms with van der Waals surface area (Å²) in [7, 11) is 1.50. The number of ether oxygens (including phenoxy) is 1. The van der Waals surface area contributed by atoms with E-state index in [1.807, 2.05) is 6.07 Å². The predicted octanol–water partition coefficient (Wildman–Crippen LogP) is 2.65. The zero-order chi connectivity index (χ0) is 18.7. The van der Waals surface area contributed by atoms with Crippen LogP contribution in [0.15, 0.2) is 65.6 Å². The average Bonchev–Trinajstić information content (AvgIpc) is 2.68. The van der Waals surface area contributed by atoms with E-state index in [0.717, 1.165) is 0 Å². The van der Waals surface area contributed by atoms with Gasteiger partial charge in [-0.05, 0) is 30.3 Å². The van der Waals surface area contributed by atoms with Gasteiger partial charge in [0.25, 0.3) is 5.56 Å². The second-order valence-corrected chi connectivity index (χ2v) is 5.48. The number of aromatic nitrogens is 1. The first-order chi connectivity index (χ1) is 12.5. The number of rotatable bonds is 4. The molecule has 3 rings (SSSR count). The summed E-state index contributed by atoms with van der Waals surface area (Å²) in [4.78, 5) is 25.3. The van der Waals surface area contributed by atoms with Gasteiger partial charge in [-0.3, -0.25) is 14.2 Å². The summed E-state index contributed by atoms with van der Waals surface area (Å²) >= 11 is 0. The van der Waals surface area contributed by atoms with E-state index >= 15 is 0 Å². The summed E-state index contributed by atoms with van der Waals surface area (Å²) in [5, 5.41) is 19.2. The van der Waals surface area contributed by atoms with Crippen molar-refractivity contribution >= 4 is 5.78 Å². The maximum Gasteiger partial charge on any atom is 0.273 e. The zero-order valence-electron chi connectivity index (χ0n) is 13.8. The molecule has 0 spiro atoms. The van der Waals surface area contributed by atoms with Gasteiger partial charge in [0.05, 0.1) is 18.4 Å². The van der Waals surface area contributed by atoms with Crippen molar-refractivity contribution < 1.29 is 14.6 Å². The number of phenolic OH excluding ortho intramolecular Hbond substituents is 1. The lowest BCUT2D eigenvalue weighted by atomic mass is 10.0. The highest BCUT2D eigenvalue weighted by Gasteiger charge is 2.17. The third kappa shape index (κ3) is 3.06. The van der Waals surface area contributed by atoms with Gasteiger partial charge in [-0.15, -0.1) is 0 Å². The molecule has 0 aliphatic rings. The second-order valence-electron chi connectivity index (χ2n) is 5.48. The van der Waals surface area contributed by atoms with Crippen LogP contribution in [0.5, 0.6) is 11.5 Å². The lowest BCUT2D eigenvalue weighted by Gasteiger charge is -2.11. The molecular formula is C20H14N2O4. The Morgan fingerprint density at radius 1 is 1.15 bits per heavy atom. The number of methoxy groups -OCH3 is 1. The first-order valence-electron chi connectivity index (χ1n) is 7.69. The third-order valence-corrected chi connectivity index (χ3v) is 3.88. The smallest absolute Gasteiger partial charge is 0.273 e. The van der Waals surface area contributed by atoms with E-state index in [1.54, 1.807) is 36.4 Å². The van der Waals surface area contributed by atoms with Gasteiger partial charge in [-0.1, -0.05) is 18.2 Å². The number of para-hydroxylation sites is 1. The molecule has 0 aliphatic heterocycles. The van der Waals surface area contributed by atoms with Gasteiger partial charge in [0.2, 0.25) is 0 Å². The molecule has 0 bridgehead atoms. The molecule has 0 unspecified atom stereocenters. The molecule has 1 N–H and O–H groups in total. The fourth-order valence-electron chi connectivity index (χ4n) is 2.56. The Kier molecular flexibility index (Phi) is 4.54. The molecule has 0 amide bonds. The van der Waals surface area contributed by atoms with Crippen LogP contribution in [0.2, 0.25) is 0 Å². The molecule has 3 aromatic rings. The molecule has 6 heteroatoms. The monoisotopic (exact) mass is 346 g/mol. The number of hydrogen-bond donors (Lipinski definition) is 1. The molecule has 1 aromatic heterocycles. The molecule has 1 heterocycles. The van der Waals surface area contributed by atoms with Crippen LogP contribution in [-0.4, -0.2) is 22.6 Å². The third-order valence-electron chi connectivity index (χ3n) is 3.88. The number of carbonyl (C=O) groups is 1. The number of phenols is 1. The van der Waals surface area contributed by atoms with E-state index in [9.17, 15) is 20.0 Å². The molecule has 26 heavy (non-hydrogen) atoms. The normalized spacial score (nSPS) is 10.2. The number of hydrogen-bond acceptors (Lipinski definition) is 5. The summed E-state index contributed by atoms with van der Waals surface area (Å²) in [6.45, 7) is 0. The molecule has 6 nitrogen and oxygen atoms in total. The highest BCUT2D eigenvalue weighted by atomic mass is 16.5. The van der Waals surface area contributed by atoms with E-state index in [1.165, 1.54) is 36.1 Å². The van der Waals surface area contributed by atoms with Gasteiger partial charge in [0.1, 0.15) is 23.1 Å². The first kappa shape index (κ1) is 17.0. The predicted molar refractivity (Wildman–Crippen MR) is 94.8 cm³/mol. The van der Waals surface area contributed by atoms with Gasteiger partial charge in [0, 0.05) is 17.8 Å². The van der Waals surface area contributed by atoms with Crippen LogP contribution < -0.4 is 10.3 Å². The van der Waals surface area contributed by atoms with Crippen LogP contribution in [0.4, 0.5) is 0 Å². The van der Waals surface area contributed by atoms with Crippen molar-refractivity contribution in [1.29, 1.82) is 5.26 Å². The van der Waals surface area contributed by atoms with Gasteiger partial charge >= 0.3 is 0 Å². The van der Waals surface area contributed by atoms with Crippen molar-refractivity contribution in [2.75, 3.05) is 7.11 Å². The van der Waals surface area contributed by atoms with Gasteiger partial charge in [-0.25, -0.2) is 0 Å². The van der Waals surface area contributed by atoms with Crippen molar-refractivity contribution in [3.05, 3.63) is 87.8 Å². The molecular weight excluding hydrogens is 332 g/mol. The standard InChI is InChI=1S/C20H14N2O4/c1-26-16-6-4-5-15(10-16)22-12-14(9-13(11-21)20(22)25)19(24)17-7-2-3-8-18(17)23/h2-10,12,23H,1H3. The maximum atomic E-state index is 12.7. The Bertz CT molecular complexity index is 1090. The van der Waals surface area contributed by atoms with Crippen LogP contribution in [0.1, 0.15) is 21.5 Å². The average molecular weight is 346 g/mol. The fraction of sp³-hybridized carbons (Fsp3) is 0.0500. The van der Waals surface area contributed by atoms with Crippen molar-refractivity contribution in [3.8, 4) is 23.3 Å². The molecule has 0 radical (unpaired) electrons. The minimum Gasteiger partial charge on any atom is -0.507 e. The van der Waals surface area contributed by atoms with Crippen molar-refractivity contribution in [2.45, 2.75) is 0 Å². The van der Waals surface area contributed by atoms with Crippen LogP contribution in [0, 0.1) is 11.3 Å². The summed E-state index contributed by atoms with van der Waals surface area (Å²) in [6, 6.07) is 15.9. The van der Waals surface area contributed by atoms with Gasteiger partial charge in [-0.2, -0.15) is 5.26 Å². The van der Waals surface area contributed by atoms with Crippen LogP contribution >= 0.6 is 0 Å². The SMILES string of the molecule is COc1cccc(-n2cc(C(=O)c3ccccc3O)cc(C#N)c2=O)c1.